The average Bonchev–Trinajstić information content (AvgIpc) is 2.83. The Labute approximate surface area is 248 Å². The number of unbranched alkanes of at least 4 members (excludes halogenated alkanes) is 17. The van der Waals surface area contributed by atoms with Crippen LogP contribution < -0.4 is 29.6 Å². The normalized spacial score (nSPS) is 12.3. The van der Waals surface area contributed by atoms with Gasteiger partial charge in [0.2, 0.25) is 0 Å². The van der Waals surface area contributed by atoms with E-state index < -0.39 is 33.7 Å². The summed E-state index contributed by atoms with van der Waals surface area (Å²) in [5.74, 6) is -2.11. The first-order valence-electron chi connectivity index (χ1n) is 14.2. The van der Waals surface area contributed by atoms with Crippen molar-refractivity contribution >= 4 is 22.1 Å². The molecule has 0 aromatic carbocycles. The van der Waals surface area contributed by atoms with Gasteiger partial charge < -0.3 is 14.0 Å². The summed E-state index contributed by atoms with van der Waals surface area (Å²) in [6, 6.07) is 0. The fraction of sp³-hybridized carbons (Fsp3) is 0.857. The summed E-state index contributed by atoms with van der Waals surface area (Å²) in [6.45, 7) is 3.95. The van der Waals surface area contributed by atoms with Gasteiger partial charge in [0.15, 0.2) is 5.25 Å². The predicted octanol–water partition coefficient (Wildman–Crippen LogP) is 4.00. The van der Waals surface area contributed by atoms with Gasteiger partial charge in [-0.1, -0.05) is 128 Å². The third-order valence-corrected chi connectivity index (χ3v) is 7.34. The van der Waals surface area contributed by atoms with E-state index in [1.54, 1.807) is 13.0 Å². The summed E-state index contributed by atoms with van der Waals surface area (Å²) in [6.07, 6.45) is 25.0. The molecule has 0 heterocycles. The minimum Gasteiger partial charge on any atom is -0.747 e. The number of carbonyl (C=O) groups excluding carboxylic acids is 2. The molecule has 0 fully saturated rings. The van der Waals surface area contributed by atoms with Gasteiger partial charge in [-0.15, -0.1) is 0 Å². The number of ether oxygens (including phenoxy) is 2. The second-order valence-electron chi connectivity index (χ2n) is 9.62. The summed E-state index contributed by atoms with van der Waals surface area (Å²) < 4.78 is 43.6. The number of carbonyl (C=O) groups is 2. The third kappa shape index (κ3) is 25.6. The third-order valence-electron chi connectivity index (χ3n) is 6.28. The molecular formula is C28H51NaO7S. The van der Waals surface area contributed by atoms with Gasteiger partial charge in [-0.3, -0.25) is 9.59 Å². The van der Waals surface area contributed by atoms with Crippen LogP contribution in [0, 0.1) is 0 Å². The fourth-order valence-electron chi connectivity index (χ4n) is 4.02. The number of hydrogen-bond acceptors (Lipinski definition) is 7. The monoisotopic (exact) mass is 554 g/mol. The molecule has 0 aliphatic rings. The van der Waals surface area contributed by atoms with Crippen LogP contribution in [0.3, 0.4) is 0 Å². The maximum absolute atomic E-state index is 11.9. The zero-order valence-corrected chi connectivity index (χ0v) is 26.7. The Morgan fingerprint density at radius 1 is 0.730 bits per heavy atom. The fourth-order valence-corrected chi connectivity index (χ4v) is 4.67. The van der Waals surface area contributed by atoms with Gasteiger partial charge in [-0.2, -0.15) is 0 Å². The van der Waals surface area contributed by atoms with Crippen LogP contribution in [0.25, 0.3) is 0 Å². The minimum absolute atomic E-state index is 0. The van der Waals surface area contributed by atoms with Crippen molar-refractivity contribution in [3.8, 4) is 0 Å². The van der Waals surface area contributed by atoms with Crippen LogP contribution in [0.15, 0.2) is 12.2 Å². The maximum atomic E-state index is 11.9. The van der Waals surface area contributed by atoms with E-state index in [9.17, 15) is 22.6 Å². The summed E-state index contributed by atoms with van der Waals surface area (Å²) in [7, 11) is -5.01. The smallest absolute Gasteiger partial charge is 0.747 e. The van der Waals surface area contributed by atoms with E-state index in [1.807, 2.05) is 0 Å². The molecule has 1 atom stereocenters. The van der Waals surface area contributed by atoms with Crippen molar-refractivity contribution in [1.29, 1.82) is 0 Å². The molecule has 0 spiro atoms. The van der Waals surface area contributed by atoms with Crippen molar-refractivity contribution in [3.05, 3.63) is 12.2 Å². The Kier molecular flexibility index (Phi) is 28.4. The van der Waals surface area contributed by atoms with E-state index in [0.717, 1.165) is 19.3 Å². The zero-order valence-electron chi connectivity index (χ0n) is 23.8. The summed E-state index contributed by atoms with van der Waals surface area (Å²) in [5.41, 5.74) is 0. The molecule has 0 saturated carbocycles. The van der Waals surface area contributed by atoms with Gasteiger partial charge in [0.05, 0.1) is 13.0 Å². The molecule has 9 heteroatoms. The first-order chi connectivity index (χ1) is 17.3. The molecule has 7 nitrogen and oxygen atoms in total. The molecule has 37 heavy (non-hydrogen) atoms. The molecular weight excluding hydrogens is 503 g/mol. The molecule has 0 aliphatic carbocycles. The Morgan fingerprint density at radius 3 is 1.51 bits per heavy atom. The second kappa shape index (κ2) is 27.2. The van der Waals surface area contributed by atoms with Crippen molar-refractivity contribution in [2.24, 2.45) is 0 Å². The number of rotatable bonds is 25. The van der Waals surface area contributed by atoms with E-state index >= 15 is 0 Å². The van der Waals surface area contributed by atoms with Gasteiger partial charge in [-0.25, -0.2) is 8.42 Å². The van der Waals surface area contributed by atoms with E-state index in [1.165, 1.54) is 96.0 Å². The molecule has 0 rings (SSSR count). The largest absolute Gasteiger partial charge is 1.00 e. The van der Waals surface area contributed by atoms with E-state index in [2.05, 4.69) is 6.92 Å². The van der Waals surface area contributed by atoms with Crippen molar-refractivity contribution in [2.45, 2.75) is 141 Å². The molecule has 0 bridgehead atoms. The Balaban J connectivity index is 0. The topological polar surface area (TPSA) is 110 Å². The second-order valence-corrected chi connectivity index (χ2v) is 11.2. The number of hydrogen-bond donors (Lipinski definition) is 0. The van der Waals surface area contributed by atoms with Crippen molar-refractivity contribution < 1.29 is 61.6 Å². The molecule has 212 valence electrons. The Bertz CT molecular complexity index is 680. The van der Waals surface area contributed by atoms with Gasteiger partial charge in [-0.05, 0) is 13.3 Å². The summed E-state index contributed by atoms with van der Waals surface area (Å²) in [4.78, 5) is 23.7. The first kappa shape index (κ1) is 38.7. The van der Waals surface area contributed by atoms with Crippen molar-refractivity contribution in [3.63, 3.8) is 0 Å². The van der Waals surface area contributed by atoms with E-state index in [-0.39, 0.29) is 42.8 Å². The summed E-state index contributed by atoms with van der Waals surface area (Å²) in [5, 5.41) is -2.07. The number of allylic oxidation sites excluding steroid dienone is 1. The quantitative estimate of drug-likeness (QED) is 0.0552. The van der Waals surface area contributed by atoms with Crippen LogP contribution in [0.5, 0.6) is 0 Å². The van der Waals surface area contributed by atoms with Gasteiger partial charge in [0.25, 0.3) is 0 Å². The molecule has 0 amide bonds. The maximum Gasteiger partial charge on any atom is 1.00 e. The van der Waals surface area contributed by atoms with Gasteiger partial charge in [0.1, 0.15) is 16.7 Å². The standard InChI is InChI=1S/C28H52O7S.Na/c1-3-5-7-8-9-10-11-12-13-14-15-16-17-18-19-20-21-22-24-34-27(29)25-26(36(31,32)33)28(30)35-23-6-4-2;/h4,6,26H,3,5,7-25H2,1-2H3,(H,31,32,33);/q;+1/p-1/b6-4+;. The van der Waals surface area contributed by atoms with Crippen LogP contribution in [0.1, 0.15) is 136 Å². The Hall–Kier alpha value is -0.410. The summed E-state index contributed by atoms with van der Waals surface area (Å²) >= 11 is 0. The first-order valence-corrected chi connectivity index (χ1v) is 15.7. The molecule has 0 aromatic heterocycles. The Morgan fingerprint density at radius 2 is 1.14 bits per heavy atom. The van der Waals surface area contributed by atoms with Crippen LogP contribution in [-0.2, 0) is 29.2 Å². The van der Waals surface area contributed by atoms with Crippen molar-refractivity contribution in [1.82, 2.24) is 0 Å². The minimum atomic E-state index is -5.01. The van der Waals surface area contributed by atoms with Crippen LogP contribution in [0.4, 0.5) is 0 Å². The molecule has 0 N–H and O–H groups in total. The van der Waals surface area contributed by atoms with Crippen molar-refractivity contribution in [2.75, 3.05) is 13.2 Å². The van der Waals surface area contributed by atoms with Crippen LogP contribution >= 0.6 is 0 Å². The number of esters is 2. The van der Waals surface area contributed by atoms with Gasteiger partial charge >= 0.3 is 41.5 Å². The van der Waals surface area contributed by atoms with E-state index in [4.69, 9.17) is 9.47 Å². The van der Waals surface area contributed by atoms with Crippen LogP contribution in [-0.4, -0.2) is 43.4 Å². The molecule has 0 radical (unpaired) electrons. The van der Waals surface area contributed by atoms with Gasteiger partial charge in [0, 0.05) is 0 Å². The average molecular weight is 555 g/mol. The SMILES string of the molecule is C/C=C/COC(=O)C(CC(=O)OCCCCCCCCCCCCCCCCCCCC)S(=O)(=O)[O-].[Na+]. The molecule has 0 aromatic rings. The molecule has 0 aliphatic heterocycles. The molecule has 1 unspecified atom stereocenters. The molecule has 0 saturated heterocycles. The zero-order chi connectivity index (χ0) is 26.9. The van der Waals surface area contributed by atoms with E-state index in [0.29, 0.717) is 6.42 Å². The van der Waals surface area contributed by atoms with Crippen LogP contribution in [0.2, 0.25) is 0 Å². The predicted molar refractivity (Wildman–Crippen MR) is 144 cm³/mol.